The zero-order valence-electron chi connectivity index (χ0n) is 61.8. The molecule has 0 amide bonds. The first-order chi connectivity index (χ1) is 53.3. The second-order valence-electron chi connectivity index (χ2n) is 31.5. The van der Waals surface area contributed by atoms with Gasteiger partial charge in [-0.05, 0) is 287 Å². The first-order valence-electron chi connectivity index (χ1n) is 37.6. The molecule has 0 radical (unpaired) electrons. The molecule has 4 aliphatic carbocycles. The minimum atomic E-state index is -1.03. The molecule has 4 aliphatic rings. The van der Waals surface area contributed by atoms with Gasteiger partial charge in [-0.3, -0.25) is 0 Å². The van der Waals surface area contributed by atoms with Crippen molar-refractivity contribution in [2.24, 2.45) is 0 Å². The summed E-state index contributed by atoms with van der Waals surface area (Å²) in [4.78, 5) is 2.25. The van der Waals surface area contributed by atoms with Crippen LogP contribution in [0.25, 0.3) is 34.4 Å². The molecule has 538 valence electrons. The average molecular weight is 1440 g/mol. The van der Waals surface area contributed by atoms with Crippen LogP contribution in [0.1, 0.15) is 147 Å². The number of nitrogens with zero attached hydrogens (tertiary/aromatic N) is 1. The molecule has 3 nitrogen and oxygen atoms in total. The molecule has 0 fully saturated rings. The van der Waals surface area contributed by atoms with Gasteiger partial charge in [0, 0.05) is 28.4 Å². The van der Waals surface area contributed by atoms with Crippen LogP contribution < -0.4 is 14.4 Å². The Morgan fingerprint density at radius 2 is 0.782 bits per heavy atom. The lowest BCUT2D eigenvalue weighted by Gasteiger charge is -2.35. The van der Waals surface area contributed by atoms with Crippen LogP contribution in [0.2, 0.25) is 0 Å². The Bertz CT molecular complexity index is 6030. The van der Waals surface area contributed by atoms with Gasteiger partial charge in [0.1, 0.15) is 40.4 Å². The van der Waals surface area contributed by atoms with Crippen LogP contribution in [-0.4, -0.2) is 0 Å². The summed E-state index contributed by atoms with van der Waals surface area (Å²) >= 11 is 0. The van der Waals surface area contributed by atoms with Crippen LogP contribution >= 0.6 is 0 Å². The number of fused-ring (bicyclic) bond motifs is 10. The van der Waals surface area contributed by atoms with Crippen molar-refractivity contribution in [2.75, 3.05) is 4.90 Å². The second-order valence-corrected chi connectivity index (χ2v) is 31.5. The fourth-order valence-corrected chi connectivity index (χ4v) is 19.4. The van der Waals surface area contributed by atoms with E-state index < -0.39 is 33.8 Å². The van der Waals surface area contributed by atoms with E-state index in [2.05, 4.69) is 173 Å². The first-order valence-corrected chi connectivity index (χ1v) is 37.6. The summed E-state index contributed by atoms with van der Waals surface area (Å²) in [5.74, 6) is -0.777. The number of benzene rings is 14. The summed E-state index contributed by atoms with van der Waals surface area (Å²) in [6, 6.07) is 98.7. The summed E-state index contributed by atoms with van der Waals surface area (Å²) in [5.41, 5.74) is 20.4. The summed E-state index contributed by atoms with van der Waals surface area (Å²) in [7, 11) is 0. The van der Waals surface area contributed by atoms with E-state index in [0.29, 0.717) is 40.5 Å². The summed E-state index contributed by atoms with van der Waals surface area (Å²) < 4.78 is 92.5. The van der Waals surface area contributed by atoms with Crippen molar-refractivity contribution < 1.29 is 31.4 Å². The molecule has 4 unspecified atom stereocenters. The van der Waals surface area contributed by atoms with Crippen LogP contribution in [0.15, 0.2) is 316 Å². The lowest BCUT2D eigenvalue weighted by molar-refractivity contribution is 0.349. The molecule has 0 aromatic heterocycles. The standard InChI is InChI=1S/C102H78F5NO2/c1-8-64-24-38-78(39-25-64)109-80-42-31-69(32-43-80)101(71-16-14-18-73(103)57-71)87-22-12-10-20-82(87)84-46-29-67(55-91(84)101)86(68-30-50-96(106)97(107)56-68)53-66-28-48-89-93(54-66)100(61-98(89,4)5)62-99(6,7)90-49-36-77(60-94(90)100)108(75-37-51-95(105)63(3)52-75)76-35-47-85-83-21-11-13-23-88(83)102(92(85)59-76,72-17-15-19-74(104)58-72)70-33-44-81(45-34-70)110-79-40-26-65(9-2)27-41-79/h8-52,54-60,86H,1-2,53,61-62H2,3-7H3. The molecule has 18 rings (SSSR count). The molecule has 14 aromatic carbocycles. The minimum Gasteiger partial charge on any atom is -0.457 e. The molecule has 1 spiro atoms. The molecule has 0 heterocycles. The van der Waals surface area contributed by atoms with E-state index in [4.69, 9.17) is 9.47 Å². The third kappa shape index (κ3) is 11.3. The van der Waals surface area contributed by atoms with Crippen molar-refractivity contribution in [3.63, 3.8) is 0 Å². The largest absolute Gasteiger partial charge is 0.457 e. The van der Waals surface area contributed by atoms with Crippen LogP contribution in [0.5, 0.6) is 23.0 Å². The third-order valence-electron chi connectivity index (χ3n) is 24.1. The van der Waals surface area contributed by atoms with E-state index in [1.807, 2.05) is 115 Å². The maximum atomic E-state index is 16.2. The predicted octanol–water partition coefficient (Wildman–Crippen LogP) is 26.8. The molecule has 0 aliphatic heterocycles. The van der Waals surface area contributed by atoms with Gasteiger partial charge in [-0.25, -0.2) is 22.0 Å². The third-order valence-corrected chi connectivity index (χ3v) is 24.1. The Balaban J connectivity index is 0.767. The quantitative estimate of drug-likeness (QED) is 0.0848. The molecule has 0 bridgehead atoms. The van der Waals surface area contributed by atoms with Crippen LogP contribution in [0.3, 0.4) is 0 Å². The Hall–Kier alpha value is -12.4. The van der Waals surface area contributed by atoms with Gasteiger partial charge in [-0.1, -0.05) is 229 Å². The lowest BCUT2D eigenvalue weighted by atomic mass is 9.67. The number of ether oxygens (including phenoxy) is 2. The Kier molecular flexibility index (Phi) is 16.7. The molecular weight excluding hydrogens is 1370 g/mol. The Labute approximate surface area is 639 Å². The Morgan fingerprint density at radius 1 is 0.355 bits per heavy atom. The SMILES string of the molecule is C=Cc1ccc(Oc2ccc(C3(c4cccc(F)c4)c4ccccc4-c4ccc(C(Cc5ccc6c(c5)C5(CC6(C)C)CC(C)(C)c6ccc(N(c7ccc(F)c(C)c7)c7ccc8c(c7)C(c7ccc(Oc9ccc(C=C)cc9)cc7)(c7cccc(F)c7)c7ccccc7-8)cc65)c5ccc(F)c(F)c5)cc43)cc2)cc1. The van der Waals surface area contributed by atoms with Gasteiger partial charge in [0.2, 0.25) is 0 Å². The van der Waals surface area contributed by atoms with Crippen LogP contribution in [-0.2, 0) is 33.5 Å². The molecular formula is C102H78F5NO2. The smallest absolute Gasteiger partial charge is 0.159 e. The molecule has 14 aromatic rings. The van der Waals surface area contributed by atoms with Crippen molar-refractivity contribution in [1.29, 1.82) is 0 Å². The van der Waals surface area contributed by atoms with Gasteiger partial charge < -0.3 is 14.4 Å². The van der Waals surface area contributed by atoms with Crippen molar-refractivity contribution in [3.05, 3.63) is 446 Å². The lowest BCUT2D eigenvalue weighted by Crippen LogP contribution is -2.29. The van der Waals surface area contributed by atoms with E-state index in [1.54, 1.807) is 55.5 Å². The van der Waals surface area contributed by atoms with Gasteiger partial charge in [-0.2, -0.15) is 0 Å². The second kappa shape index (κ2) is 26.5. The number of hydrogen-bond acceptors (Lipinski definition) is 3. The predicted molar refractivity (Wildman–Crippen MR) is 434 cm³/mol. The van der Waals surface area contributed by atoms with E-state index in [-0.39, 0.29) is 28.3 Å². The minimum absolute atomic E-state index is 0.290. The topological polar surface area (TPSA) is 21.7 Å². The maximum absolute atomic E-state index is 16.2. The maximum Gasteiger partial charge on any atom is 0.159 e. The number of anilines is 3. The molecule has 8 heteroatoms. The number of rotatable bonds is 17. The summed E-state index contributed by atoms with van der Waals surface area (Å²) in [5, 5.41) is 0. The number of aryl methyl sites for hydroxylation is 1. The molecule has 110 heavy (non-hydrogen) atoms. The highest BCUT2D eigenvalue weighted by atomic mass is 19.2. The van der Waals surface area contributed by atoms with E-state index in [9.17, 15) is 0 Å². The van der Waals surface area contributed by atoms with Crippen molar-refractivity contribution in [1.82, 2.24) is 0 Å². The first kappa shape index (κ1) is 69.4. The van der Waals surface area contributed by atoms with E-state index >= 15 is 22.0 Å². The van der Waals surface area contributed by atoms with Crippen LogP contribution in [0, 0.1) is 36.0 Å². The molecule has 0 N–H and O–H groups in total. The van der Waals surface area contributed by atoms with E-state index in [0.717, 1.165) is 119 Å². The fraction of sp³-hybridized carbons (Fsp3) is 0.137. The fourth-order valence-electron chi connectivity index (χ4n) is 19.4. The zero-order valence-corrected chi connectivity index (χ0v) is 61.8. The van der Waals surface area contributed by atoms with Gasteiger partial charge in [0.25, 0.3) is 0 Å². The highest BCUT2D eigenvalue weighted by Crippen LogP contribution is 2.65. The van der Waals surface area contributed by atoms with Gasteiger partial charge >= 0.3 is 0 Å². The summed E-state index contributed by atoms with van der Waals surface area (Å²) in [6.45, 7) is 19.0. The Morgan fingerprint density at radius 3 is 1.30 bits per heavy atom. The summed E-state index contributed by atoms with van der Waals surface area (Å²) in [6.07, 6.45) is 5.62. The van der Waals surface area contributed by atoms with Crippen molar-refractivity contribution in [2.45, 2.75) is 86.9 Å². The van der Waals surface area contributed by atoms with Crippen molar-refractivity contribution in [3.8, 4) is 45.3 Å². The van der Waals surface area contributed by atoms with Gasteiger partial charge in [0.15, 0.2) is 11.6 Å². The zero-order chi connectivity index (χ0) is 75.6. The van der Waals surface area contributed by atoms with Gasteiger partial charge in [0.05, 0.1) is 10.8 Å². The van der Waals surface area contributed by atoms with Gasteiger partial charge in [-0.15, -0.1) is 0 Å². The van der Waals surface area contributed by atoms with E-state index in [1.165, 1.54) is 46.5 Å². The monoisotopic (exact) mass is 1440 g/mol. The number of halogens is 5. The normalized spacial score (nSPS) is 18.0. The highest BCUT2D eigenvalue weighted by Gasteiger charge is 2.57. The number of hydrogen-bond donors (Lipinski definition) is 0. The van der Waals surface area contributed by atoms with Crippen molar-refractivity contribution >= 4 is 29.2 Å². The highest BCUT2D eigenvalue weighted by molar-refractivity contribution is 5.91. The average Bonchev–Trinajstić information content (AvgIpc) is 1.54. The van der Waals surface area contributed by atoms with Crippen LogP contribution in [0.4, 0.5) is 39.0 Å². The molecule has 0 saturated heterocycles. The molecule has 0 saturated carbocycles. The molecule has 4 atom stereocenters.